The molecule has 2 heterocycles. The summed E-state index contributed by atoms with van der Waals surface area (Å²) in [5.74, 6) is -5.08. The third-order valence-corrected chi connectivity index (χ3v) is 4.76. The third-order valence-electron chi connectivity index (χ3n) is 4.76. The summed E-state index contributed by atoms with van der Waals surface area (Å²) in [6.45, 7) is 1.77. The lowest BCUT2D eigenvalue weighted by molar-refractivity contribution is -0.0555. The Kier molecular flexibility index (Phi) is 4.00. The summed E-state index contributed by atoms with van der Waals surface area (Å²) in [6, 6.07) is 1.19. The van der Waals surface area contributed by atoms with Gasteiger partial charge in [-0.1, -0.05) is 0 Å². The lowest BCUT2D eigenvalue weighted by Gasteiger charge is -2.17. The number of rotatable bonds is 2. The second kappa shape index (κ2) is 6.19. The minimum Gasteiger partial charge on any atom is -0.507 e. The molecule has 150 valence electrons. The number of hydrogen-bond acceptors (Lipinski definition) is 10. The molecule has 0 spiro atoms. The minimum absolute atomic E-state index is 0.180. The highest BCUT2D eigenvalue weighted by Gasteiger charge is 2.43. The Bertz CT molecular complexity index is 1130. The van der Waals surface area contributed by atoms with Crippen molar-refractivity contribution in [1.82, 2.24) is 0 Å². The molecule has 2 aliphatic rings. The number of aliphatic hydroxyl groups excluding tert-OH is 2. The Morgan fingerprint density at radius 2 is 1.76 bits per heavy atom. The number of aromatic hydroxyl groups is 2. The van der Waals surface area contributed by atoms with Crippen LogP contribution in [0.4, 0.5) is 0 Å². The topological polar surface area (TPSA) is 160 Å². The Labute approximate surface area is 162 Å². The van der Waals surface area contributed by atoms with Crippen molar-refractivity contribution < 1.29 is 49.0 Å². The zero-order chi connectivity index (χ0) is 21.2. The van der Waals surface area contributed by atoms with Crippen LogP contribution in [-0.4, -0.2) is 38.1 Å². The monoisotopic (exact) mass is 402 g/mol. The van der Waals surface area contributed by atoms with Gasteiger partial charge < -0.3 is 34.6 Å². The number of esters is 2. The summed E-state index contributed by atoms with van der Waals surface area (Å²) in [5, 5.41) is 40.4. The van der Waals surface area contributed by atoms with Gasteiger partial charge in [0.15, 0.2) is 23.0 Å². The fourth-order valence-corrected chi connectivity index (χ4v) is 3.49. The molecule has 4 rings (SSSR count). The first-order chi connectivity index (χ1) is 13.7. The van der Waals surface area contributed by atoms with Crippen molar-refractivity contribution in [2.75, 3.05) is 0 Å². The number of ketones is 1. The zero-order valence-corrected chi connectivity index (χ0v) is 15.1. The van der Waals surface area contributed by atoms with E-state index in [-0.39, 0.29) is 33.6 Å². The summed E-state index contributed by atoms with van der Waals surface area (Å²) >= 11 is 0. The fraction of sp³-hybridized carbons (Fsp3) is 0.211. The van der Waals surface area contributed by atoms with E-state index in [0.29, 0.717) is 0 Å². The first-order valence-corrected chi connectivity index (χ1v) is 8.36. The van der Waals surface area contributed by atoms with E-state index in [1.807, 2.05) is 0 Å². The second-order valence-electron chi connectivity index (χ2n) is 6.53. The number of aryl methyl sites for hydroxylation is 1. The molecule has 2 aliphatic heterocycles. The molecule has 1 atom stereocenters. The van der Waals surface area contributed by atoms with Gasteiger partial charge in [0.2, 0.25) is 6.29 Å². The quantitative estimate of drug-likeness (QED) is 0.330. The van der Waals surface area contributed by atoms with Crippen LogP contribution in [0.15, 0.2) is 6.07 Å². The van der Waals surface area contributed by atoms with Crippen molar-refractivity contribution in [3.05, 3.63) is 39.4 Å². The maximum Gasteiger partial charge on any atom is 0.347 e. The standard InChI is InChI=1S/C19H14O10/c1-5-3-8(22)10(6(2)21)15-9(5)17(24)28-14-7(4-20)13(23)11-12(16(14)27-15)19(26)29-18(11)25/h3,19-20,22-23,26H,4H2,1-2H3/t19-/m0/s1. The Morgan fingerprint density at radius 1 is 1.07 bits per heavy atom. The number of aliphatic hydroxyl groups is 2. The van der Waals surface area contributed by atoms with Gasteiger partial charge in [-0.05, 0) is 25.5 Å². The predicted molar refractivity (Wildman–Crippen MR) is 92.3 cm³/mol. The first kappa shape index (κ1) is 18.7. The molecule has 2 aromatic carbocycles. The van der Waals surface area contributed by atoms with E-state index in [9.17, 15) is 34.8 Å². The SMILES string of the molecule is CC(=O)c1c(O)cc(C)c2c1Oc1c(c(CO)c(O)c3c1[C@@H](O)OC3=O)OC2=O. The summed E-state index contributed by atoms with van der Waals surface area (Å²) in [4.78, 5) is 36.9. The average Bonchev–Trinajstić information content (AvgIpc) is 2.82. The number of carbonyl (C=O) groups is 3. The van der Waals surface area contributed by atoms with Gasteiger partial charge >= 0.3 is 11.9 Å². The van der Waals surface area contributed by atoms with Gasteiger partial charge in [0, 0.05) is 0 Å². The highest BCUT2D eigenvalue weighted by Crippen LogP contribution is 2.54. The van der Waals surface area contributed by atoms with Gasteiger partial charge in [0.25, 0.3) is 0 Å². The predicted octanol–water partition coefficient (Wildman–Crippen LogP) is 1.59. The molecular formula is C19H14O10. The molecule has 0 aromatic heterocycles. The molecule has 4 N–H and O–H groups in total. The highest BCUT2D eigenvalue weighted by molar-refractivity contribution is 6.07. The van der Waals surface area contributed by atoms with Gasteiger partial charge in [-0.3, -0.25) is 4.79 Å². The number of phenols is 2. The molecule has 10 heteroatoms. The zero-order valence-electron chi connectivity index (χ0n) is 15.1. The molecule has 29 heavy (non-hydrogen) atoms. The highest BCUT2D eigenvalue weighted by atomic mass is 16.6. The minimum atomic E-state index is -1.86. The number of cyclic esters (lactones) is 1. The number of benzene rings is 2. The van der Waals surface area contributed by atoms with Crippen LogP contribution in [0.2, 0.25) is 0 Å². The van der Waals surface area contributed by atoms with E-state index in [1.165, 1.54) is 13.0 Å². The molecule has 2 aromatic rings. The van der Waals surface area contributed by atoms with Crippen LogP contribution in [0.3, 0.4) is 0 Å². The number of ether oxygens (including phenoxy) is 3. The van der Waals surface area contributed by atoms with Crippen molar-refractivity contribution in [2.24, 2.45) is 0 Å². The molecule has 0 radical (unpaired) electrons. The average molecular weight is 402 g/mol. The van der Waals surface area contributed by atoms with Crippen LogP contribution in [0.5, 0.6) is 28.7 Å². The van der Waals surface area contributed by atoms with E-state index in [1.54, 1.807) is 0 Å². The molecular weight excluding hydrogens is 388 g/mol. The maximum atomic E-state index is 12.8. The van der Waals surface area contributed by atoms with E-state index in [2.05, 4.69) is 0 Å². The lowest BCUT2D eigenvalue weighted by Crippen LogP contribution is -2.12. The fourth-order valence-electron chi connectivity index (χ4n) is 3.49. The third kappa shape index (κ3) is 2.46. The normalized spacial score (nSPS) is 16.8. The van der Waals surface area contributed by atoms with E-state index >= 15 is 0 Å². The van der Waals surface area contributed by atoms with Crippen molar-refractivity contribution in [3.63, 3.8) is 0 Å². The van der Waals surface area contributed by atoms with Crippen LogP contribution in [0.25, 0.3) is 0 Å². The van der Waals surface area contributed by atoms with Gasteiger partial charge in [0.05, 0.1) is 17.7 Å². The summed E-state index contributed by atoms with van der Waals surface area (Å²) < 4.78 is 15.7. The molecule has 0 saturated heterocycles. The summed E-state index contributed by atoms with van der Waals surface area (Å²) in [7, 11) is 0. The number of Topliss-reactive ketones (excluding diaryl/α,β-unsaturated/α-hetero) is 1. The Balaban J connectivity index is 2.12. The largest absolute Gasteiger partial charge is 0.507 e. The van der Waals surface area contributed by atoms with Gasteiger partial charge in [-0.15, -0.1) is 0 Å². The number of hydrogen-bond donors (Lipinski definition) is 4. The maximum absolute atomic E-state index is 12.8. The number of phenolic OH excluding ortho intramolecular Hbond substituents is 1. The molecule has 0 saturated carbocycles. The summed E-state index contributed by atoms with van der Waals surface area (Å²) in [5.41, 5.74) is -1.43. The molecule has 10 nitrogen and oxygen atoms in total. The van der Waals surface area contributed by atoms with Crippen molar-refractivity contribution in [1.29, 1.82) is 0 Å². The lowest BCUT2D eigenvalue weighted by atomic mass is 9.99. The molecule has 0 fully saturated rings. The van der Waals surface area contributed by atoms with Crippen LogP contribution in [0, 0.1) is 6.92 Å². The number of fused-ring (bicyclic) bond motifs is 4. The number of carbonyl (C=O) groups excluding carboxylic acids is 3. The van der Waals surface area contributed by atoms with Gasteiger partial charge in [0.1, 0.15) is 28.2 Å². The second-order valence-corrected chi connectivity index (χ2v) is 6.53. The van der Waals surface area contributed by atoms with Crippen LogP contribution in [0.1, 0.15) is 61.0 Å². The molecule has 0 unspecified atom stereocenters. The van der Waals surface area contributed by atoms with Crippen molar-refractivity contribution in [2.45, 2.75) is 26.7 Å². The van der Waals surface area contributed by atoms with Crippen LogP contribution >= 0.6 is 0 Å². The Morgan fingerprint density at radius 3 is 2.38 bits per heavy atom. The van der Waals surface area contributed by atoms with Crippen LogP contribution < -0.4 is 9.47 Å². The van der Waals surface area contributed by atoms with E-state index in [0.717, 1.165) is 6.92 Å². The van der Waals surface area contributed by atoms with Gasteiger partial charge in [-0.2, -0.15) is 0 Å². The van der Waals surface area contributed by atoms with E-state index < -0.39 is 59.2 Å². The first-order valence-electron chi connectivity index (χ1n) is 8.36. The molecule has 0 aliphatic carbocycles. The van der Waals surface area contributed by atoms with E-state index in [4.69, 9.17) is 14.2 Å². The van der Waals surface area contributed by atoms with Gasteiger partial charge in [-0.25, -0.2) is 9.59 Å². The smallest absolute Gasteiger partial charge is 0.347 e. The Hall–Kier alpha value is -3.63. The van der Waals surface area contributed by atoms with Crippen molar-refractivity contribution in [3.8, 4) is 28.7 Å². The molecule has 0 bridgehead atoms. The van der Waals surface area contributed by atoms with Crippen molar-refractivity contribution >= 4 is 17.7 Å². The summed E-state index contributed by atoms with van der Waals surface area (Å²) in [6.07, 6.45) is -1.86. The van der Waals surface area contributed by atoms with Crippen LogP contribution in [-0.2, 0) is 11.3 Å². The molecule has 0 amide bonds.